The maximum absolute atomic E-state index is 5.81. The molecule has 108 valence electrons. The predicted molar refractivity (Wildman–Crippen MR) is 86.5 cm³/mol. The quantitative estimate of drug-likeness (QED) is 0.448. The summed E-state index contributed by atoms with van der Waals surface area (Å²) in [5.41, 5.74) is 8.47. The van der Waals surface area contributed by atoms with E-state index in [-0.39, 0.29) is 0 Å². The third-order valence-corrected chi connectivity index (χ3v) is 4.27. The van der Waals surface area contributed by atoms with Gasteiger partial charge in [0.15, 0.2) is 0 Å². The lowest BCUT2D eigenvalue weighted by Gasteiger charge is -2.30. The zero-order valence-electron chi connectivity index (χ0n) is 13.0. The molecular formula is C18H31N. The molecule has 1 atom stereocenters. The first-order valence-corrected chi connectivity index (χ1v) is 7.98. The van der Waals surface area contributed by atoms with E-state index in [9.17, 15) is 0 Å². The van der Waals surface area contributed by atoms with Gasteiger partial charge in [0.05, 0.1) is 0 Å². The van der Waals surface area contributed by atoms with Gasteiger partial charge in [-0.05, 0) is 36.0 Å². The third-order valence-electron chi connectivity index (χ3n) is 4.27. The van der Waals surface area contributed by atoms with Crippen LogP contribution in [0, 0.1) is 0 Å². The molecule has 1 unspecified atom stereocenters. The van der Waals surface area contributed by atoms with Crippen molar-refractivity contribution in [2.45, 2.75) is 77.6 Å². The average molecular weight is 261 g/mol. The molecule has 1 rings (SSSR count). The van der Waals surface area contributed by atoms with Gasteiger partial charge in [0.1, 0.15) is 0 Å². The van der Waals surface area contributed by atoms with E-state index in [4.69, 9.17) is 5.73 Å². The molecular weight excluding hydrogens is 230 g/mol. The van der Waals surface area contributed by atoms with Crippen LogP contribution in [0.4, 0.5) is 5.69 Å². The summed E-state index contributed by atoms with van der Waals surface area (Å²) in [5, 5.41) is 0. The minimum absolute atomic E-state index is 0.331. The number of anilines is 1. The van der Waals surface area contributed by atoms with Gasteiger partial charge in [-0.2, -0.15) is 0 Å². The van der Waals surface area contributed by atoms with Crippen LogP contribution in [0.3, 0.4) is 0 Å². The van der Waals surface area contributed by atoms with Gasteiger partial charge in [0, 0.05) is 5.69 Å². The summed E-state index contributed by atoms with van der Waals surface area (Å²) >= 11 is 0. The van der Waals surface area contributed by atoms with E-state index in [0.29, 0.717) is 5.41 Å². The summed E-state index contributed by atoms with van der Waals surface area (Å²) < 4.78 is 0. The molecule has 1 aromatic rings. The molecule has 0 aromatic heterocycles. The van der Waals surface area contributed by atoms with Gasteiger partial charge >= 0.3 is 0 Å². The summed E-state index contributed by atoms with van der Waals surface area (Å²) in [5.74, 6) is 0. The Morgan fingerprint density at radius 2 is 1.42 bits per heavy atom. The van der Waals surface area contributed by atoms with Crippen LogP contribution in [-0.4, -0.2) is 0 Å². The molecule has 0 saturated heterocycles. The van der Waals surface area contributed by atoms with Crippen molar-refractivity contribution < 1.29 is 0 Å². The molecule has 1 aromatic carbocycles. The number of rotatable bonds is 9. The van der Waals surface area contributed by atoms with Crippen LogP contribution < -0.4 is 5.73 Å². The summed E-state index contributed by atoms with van der Waals surface area (Å²) in [6.07, 6.45) is 10.6. The van der Waals surface area contributed by atoms with Crippen LogP contribution >= 0.6 is 0 Å². The predicted octanol–water partition coefficient (Wildman–Crippen LogP) is 5.69. The molecule has 2 N–H and O–H groups in total. The number of hydrogen-bond donors (Lipinski definition) is 1. The first kappa shape index (κ1) is 16.1. The Balaban J connectivity index is 2.70. The molecule has 1 nitrogen and oxygen atoms in total. The van der Waals surface area contributed by atoms with Gasteiger partial charge in [-0.3, -0.25) is 0 Å². The second-order valence-corrected chi connectivity index (χ2v) is 6.10. The van der Waals surface area contributed by atoms with Crippen LogP contribution in [0.2, 0.25) is 0 Å². The van der Waals surface area contributed by atoms with E-state index in [1.807, 2.05) is 12.1 Å². The van der Waals surface area contributed by atoms with Crippen molar-refractivity contribution in [3.8, 4) is 0 Å². The first-order chi connectivity index (χ1) is 9.12. The third kappa shape index (κ3) is 5.26. The molecule has 0 fully saturated rings. The molecule has 1 heteroatoms. The molecule has 0 aliphatic carbocycles. The van der Waals surface area contributed by atoms with Crippen LogP contribution in [0.1, 0.15) is 77.7 Å². The smallest absolute Gasteiger partial charge is 0.0314 e. The fourth-order valence-corrected chi connectivity index (χ4v) is 2.81. The van der Waals surface area contributed by atoms with E-state index in [0.717, 1.165) is 5.69 Å². The Morgan fingerprint density at radius 1 is 0.842 bits per heavy atom. The van der Waals surface area contributed by atoms with Crippen molar-refractivity contribution in [2.24, 2.45) is 0 Å². The van der Waals surface area contributed by atoms with Gasteiger partial charge in [-0.15, -0.1) is 0 Å². The molecule has 0 heterocycles. The highest BCUT2D eigenvalue weighted by Gasteiger charge is 2.25. The monoisotopic (exact) mass is 261 g/mol. The number of nitrogen functional groups attached to an aromatic ring is 1. The summed E-state index contributed by atoms with van der Waals surface area (Å²) in [4.78, 5) is 0. The van der Waals surface area contributed by atoms with Gasteiger partial charge < -0.3 is 5.73 Å². The number of benzene rings is 1. The fourth-order valence-electron chi connectivity index (χ4n) is 2.81. The maximum atomic E-state index is 5.81. The molecule has 0 amide bonds. The second kappa shape index (κ2) is 8.24. The molecule has 0 aliphatic rings. The zero-order chi connectivity index (χ0) is 14.1. The van der Waals surface area contributed by atoms with Crippen LogP contribution in [0.25, 0.3) is 0 Å². The highest BCUT2D eigenvalue weighted by atomic mass is 14.5. The normalized spacial score (nSPS) is 14.3. The lowest BCUT2D eigenvalue weighted by molar-refractivity contribution is 0.369. The summed E-state index contributed by atoms with van der Waals surface area (Å²) in [6.45, 7) is 6.98. The summed E-state index contributed by atoms with van der Waals surface area (Å²) in [7, 11) is 0. The molecule has 0 bridgehead atoms. The molecule has 0 spiro atoms. The summed E-state index contributed by atoms with van der Waals surface area (Å²) in [6, 6.07) is 8.55. The molecule has 0 aliphatic heterocycles. The Hall–Kier alpha value is -0.980. The first-order valence-electron chi connectivity index (χ1n) is 7.98. The lowest BCUT2D eigenvalue weighted by Crippen LogP contribution is -2.22. The Kier molecular flexibility index (Phi) is 6.97. The molecule has 0 radical (unpaired) electrons. The van der Waals surface area contributed by atoms with E-state index < -0.39 is 0 Å². The second-order valence-electron chi connectivity index (χ2n) is 6.10. The highest BCUT2D eigenvalue weighted by molar-refractivity contribution is 5.41. The van der Waals surface area contributed by atoms with E-state index in [2.05, 4.69) is 32.9 Å². The van der Waals surface area contributed by atoms with Crippen LogP contribution in [-0.2, 0) is 5.41 Å². The van der Waals surface area contributed by atoms with Gasteiger partial charge in [0.25, 0.3) is 0 Å². The number of unbranched alkanes of at least 4 members (excludes halogenated alkanes) is 4. The van der Waals surface area contributed by atoms with Gasteiger partial charge in [0.2, 0.25) is 0 Å². The molecule has 0 saturated carbocycles. The Labute approximate surface area is 119 Å². The van der Waals surface area contributed by atoms with Crippen molar-refractivity contribution in [3.05, 3.63) is 29.8 Å². The topological polar surface area (TPSA) is 26.0 Å². The Bertz CT molecular complexity index is 341. The van der Waals surface area contributed by atoms with Crippen molar-refractivity contribution in [1.29, 1.82) is 0 Å². The van der Waals surface area contributed by atoms with E-state index >= 15 is 0 Å². The van der Waals surface area contributed by atoms with Crippen LogP contribution in [0.15, 0.2) is 24.3 Å². The fraction of sp³-hybridized carbons (Fsp3) is 0.667. The van der Waals surface area contributed by atoms with Crippen molar-refractivity contribution in [3.63, 3.8) is 0 Å². The zero-order valence-corrected chi connectivity index (χ0v) is 13.0. The SMILES string of the molecule is CCCCCCC(C)(CCCC)c1ccc(N)cc1. The molecule has 19 heavy (non-hydrogen) atoms. The van der Waals surface area contributed by atoms with Crippen LogP contribution in [0.5, 0.6) is 0 Å². The van der Waals surface area contributed by atoms with Gasteiger partial charge in [-0.25, -0.2) is 0 Å². The van der Waals surface area contributed by atoms with E-state index in [1.54, 1.807) is 0 Å². The van der Waals surface area contributed by atoms with Crippen molar-refractivity contribution in [2.75, 3.05) is 5.73 Å². The van der Waals surface area contributed by atoms with Crippen molar-refractivity contribution >= 4 is 5.69 Å². The maximum Gasteiger partial charge on any atom is 0.0314 e. The number of nitrogens with two attached hydrogens (primary N) is 1. The van der Waals surface area contributed by atoms with Crippen molar-refractivity contribution in [1.82, 2.24) is 0 Å². The minimum atomic E-state index is 0.331. The minimum Gasteiger partial charge on any atom is -0.399 e. The van der Waals surface area contributed by atoms with Gasteiger partial charge in [-0.1, -0.05) is 71.4 Å². The van der Waals surface area contributed by atoms with E-state index in [1.165, 1.54) is 56.9 Å². The largest absolute Gasteiger partial charge is 0.399 e. The Morgan fingerprint density at radius 3 is 2.00 bits per heavy atom. The number of hydrogen-bond acceptors (Lipinski definition) is 1. The average Bonchev–Trinajstić information content (AvgIpc) is 2.42. The standard InChI is InChI=1S/C18H31N/c1-4-6-8-9-15-18(3,14-7-5-2)16-10-12-17(19)13-11-16/h10-13H,4-9,14-15,19H2,1-3H3. The highest BCUT2D eigenvalue weighted by Crippen LogP contribution is 2.35. The lowest BCUT2D eigenvalue weighted by atomic mass is 9.74.